The molecule has 0 bridgehead atoms. The monoisotopic (exact) mass is 393 g/mol. The Morgan fingerprint density at radius 2 is 2.03 bits per heavy atom. The van der Waals surface area contributed by atoms with Crippen molar-refractivity contribution in [3.63, 3.8) is 0 Å². The second-order valence-electron chi connectivity index (χ2n) is 8.41. The average Bonchev–Trinajstić information content (AvgIpc) is 3.57. The molecule has 1 saturated heterocycles. The van der Waals surface area contributed by atoms with E-state index in [1.54, 1.807) is 6.33 Å². The third-order valence-electron chi connectivity index (χ3n) is 5.88. The van der Waals surface area contributed by atoms with E-state index in [4.69, 9.17) is 0 Å². The molecule has 1 atom stereocenters. The van der Waals surface area contributed by atoms with Gasteiger partial charge in [-0.25, -0.2) is 9.97 Å². The molecule has 1 saturated carbocycles. The van der Waals surface area contributed by atoms with Crippen LogP contribution in [0.4, 0.5) is 11.6 Å². The van der Waals surface area contributed by atoms with Gasteiger partial charge in [-0.2, -0.15) is 0 Å². The maximum Gasteiger partial charge on any atom is 0.222 e. The van der Waals surface area contributed by atoms with Crippen LogP contribution in [0.3, 0.4) is 0 Å². The lowest BCUT2D eigenvalue weighted by atomic mass is 9.93. The molecule has 1 aromatic carbocycles. The largest absolute Gasteiger partial charge is 0.367 e. The van der Waals surface area contributed by atoms with Crippen LogP contribution < -0.4 is 10.2 Å². The Bertz CT molecular complexity index is 808. The fraction of sp³-hybridized carbons (Fsp3) is 0.522. The number of amides is 1. The lowest BCUT2D eigenvalue weighted by Gasteiger charge is -2.34. The Labute approximate surface area is 173 Å². The smallest absolute Gasteiger partial charge is 0.222 e. The van der Waals surface area contributed by atoms with E-state index < -0.39 is 0 Å². The van der Waals surface area contributed by atoms with E-state index in [1.807, 2.05) is 30.1 Å². The van der Waals surface area contributed by atoms with Crippen LogP contribution in [0.15, 0.2) is 42.7 Å². The minimum absolute atomic E-state index is 0.226. The van der Waals surface area contributed by atoms with E-state index >= 15 is 0 Å². The first-order valence-corrected chi connectivity index (χ1v) is 10.8. The molecule has 2 fully saturated rings. The molecular formula is C23H31N5O. The summed E-state index contributed by atoms with van der Waals surface area (Å²) in [5.74, 6) is 2.69. The van der Waals surface area contributed by atoms with Gasteiger partial charge in [0.2, 0.25) is 5.91 Å². The number of anilines is 2. The van der Waals surface area contributed by atoms with Crippen LogP contribution in [0.25, 0.3) is 0 Å². The normalized spacial score (nSPS) is 19.1. The van der Waals surface area contributed by atoms with Crippen molar-refractivity contribution >= 4 is 17.5 Å². The zero-order valence-electron chi connectivity index (χ0n) is 17.3. The average molecular weight is 394 g/mol. The summed E-state index contributed by atoms with van der Waals surface area (Å²) in [5, 5.41) is 3.45. The Balaban J connectivity index is 1.27. The molecule has 154 valence electrons. The number of hydrogen-bond acceptors (Lipinski definition) is 5. The number of nitrogens with zero attached hydrogens (tertiary/aromatic N) is 4. The molecule has 1 aliphatic carbocycles. The highest BCUT2D eigenvalue weighted by molar-refractivity contribution is 5.75. The van der Waals surface area contributed by atoms with Gasteiger partial charge in [-0.05, 0) is 43.6 Å². The topological polar surface area (TPSA) is 61.4 Å². The first-order chi connectivity index (χ1) is 14.2. The number of nitrogens with one attached hydrogen (secondary N) is 1. The summed E-state index contributed by atoms with van der Waals surface area (Å²) >= 11 is 0. The van der Waals surface area contributed by atoms with E-state index in [2.05, 4.69) is 38.4 Å². The van der Waals surface area contributed by atoms with Gasteiger partial charge in [-0.15, -0.1) is 0 Å². The van der Waals surface area contributed by atoms with Crippen molar-refractivity contribution in [2.75, 3.05) is 30.4 Å². The minimum Gasteiger partial charge on any atom is -0.367 e. The highest BCUT2D eigenvalue weighted by atomic mass is 16.2. The van der Waals surface area contributed by atoms with Crippen molar-refractivity contribution in [1.29, 1.82) is 0 Å². The number of benzene rings is 1. The molecule has 6 nitrogen and oxygen atoms in total. The van der Waals surface area contributed by atoms with E-state index in [0.717, 1.165) is 37.6 Å². The molecule has 1 unspecified atom stereocenters. The van der Waals surface area contributed by atoms with Crippen LogP contribution in [0.5, 0.6) is 0 Å². The predicted octanol–water partition coefficient (Wildman–Crippen LogP) is 3.71. The summed E-state index contributed by atoms with van der Waals surface area (Å²) in [5.41, 5.74) is 1.17. The highest BCUT2D eigenvalue weighted by Gasteiger charge is 2.24. The van der Waals surface area contributed by atoms with E-state index in [9.17, 15) is 4.79 Å². The third-order valence-corrected chi connectivity index (χ3v) is 5.88. The van der Waals surface area contributed by atoms with Crippen molar-refractivity contribution in [2.45, 2.75) is 51.1 Å². The number of aromatic nitrogens is 2. The Hall–Kier alpha value is -2.63. The van der Waals surface area contributed by atoms with Gasteiger partial charge in [0, 0.05) is 45.2 Å². The molecule has 1 aliphatic heterocycles. The van der Waals surface area contributed by atoms with E-state index in [0.29, 0.717) is 24.9 Å². The van der Waals surface area contributed by atoms with Gasteiger partial charge in [-0.1, -0.05) is 30.3 Å². The Morgan fingerprint density at radius 1 is 1.21 bits per heavy atom. The molecule has 2 aromatic rings. The van der Waals surface area contributed by atoms with Gasteiger partial charge in [-0.3, -0.25) is 4.79 Å². The van der Waals surface area contributed by atoms with Crippen molar-refractivity contribution < 1.29 is 4.79 Å². The maximum absolute atomic E-state index is 12.6. The Kier molecular flexibility index (Phi) is 6.27. The van der Waals surface area contributed by atoms with Crippen LogP contribution in [0.2, 0.25) is 0 Å². The summed E-state index contributed by atoms with van der Waals surface area (Å²) in [6.07, 6.45) is 8.01. The standard InChI is InChI=1S/C23H31N5O/c1-27(15-18-6-3-2-4-7-18)23(29)12-9-19-8-5-13-28(16-19)22-14-21(24-17-25-22)26-20-10-11-20/h2-4,6-7,14,17,19-20H,5,8-13,15-16H2,1H3,(H,24,25,26). The van der Waals surface area contributed by atoms with Gasteiger partial charge in [0.1, 0.15) is 18.0 Å². The molecule has 29 heavy (non-hydrogen) atoms. The van der Waals surface area contributed by atoms with Crippen molar-refractivity contribution in [1.82, 2.24) is 14.9 Å². The fourth-order valence-electron chi connectivity index (χ4n) is 4.01. The molecule has 1 amide bonds. The molecule has 6 heteroatoms. The van der Waals surface area contributed by atoms with E-state index in [-0.39, 0.29) is 5.91 Å². The summed E-state index contributed by atoms with van der Waals surface area (Å²) in [7, 11) is 1.90. The maximum atomic E-state index is 12.6. The molecule has 0 radical (unpaired) electrons. The summed E-state index contributed by atoms with van der Waals surface area (Å²) in [6, 6.07) is 12.8. The molecule has 2 aliphatic rings. The SMILES string of the molecule is CN(Cc1ccccc1)C(=O)CCC1CCCN(c2cc(NC3CC3)ncn2)C1. The Morgan fingerprint density at radius 3 is 2.83 bits per heavy atom. The van der Waals surface area contributed by atoms with Crippen LogP contribution >= 0.6 is 0 Å². The molecule has 2 heterocycles. The quantitative estimate of drug-likeness (QED) is 0.741. The van der Waals surface area contributed by atoms with Gasteiger partial charge < -0.3 is 15.1 Å². The van der Waals surface area contributed by atoms with Crippen LogP contribution in [-0.4, -0.2) is 47.0 Å². The fourth-order valence-corrected chi connectivity index (χ4v) is 4.01. The van der Waals surface area contributed by atoms with Crippen LogP contribution in [0.1, 0.15) is 44.1 Å². The highest BCUT2D eigenvalue weighted by Crippen LogP contribution is 2.28. The number of rotatable bonds is 8. The molecule has 1 N–H and O–H groups in total. The lowest BCUT2D eigenvalue weighted by molar-refractivity contribution is -0.130. The lowest BCUT2D eigenvalue weighted by Crippen LogP contribution is -2.36. The van der Waals surface area contributed by atoms with E-state index in [1.165, 1.54) is 24.8 Å². The molecule has 1 aromatic heterocycles. The molecule has 0 spiro atoms. The summed E-state index contributed by atoms with van der Waals surface area (Å²) in [6.45, 7) is 2.67. The van der Waals surface area contributed by atoms with Crippen molar-refractivity contribution in [3.05, 3.63) is 48.3 Å². The van der Waals surface area contributed by atoms with Crippen molar-refractivity contribution in [3.8, 4) is 0 Å². The minimum atomic E-state index is 0.226. The van der Waals surface area contributed by atoms with Gasteiger partial charge >= 0.3 is 0 Å². The van der Waals surface area contributed by atoms with Gasteiger partial charge in [0.05, 0.1) is 0 Å². The van der Waals surface area contributed by atoms with Gasteiger partial charge in [0.25, 0.3) is 0 Å². The number of carbonyl (C=O) groups is 1. The predicted molar refractivity (Wildman–Crippen MR) is 116 cm³/mol. The number of carbonyl (C=O) groups excluding carboxylic acids is 1. The van der Waals surface area contributed by atoms with Crippen molar-refractivity contribution in [2.24, 2.45) is 5.92 Å². The first-order valence-electron chi connectivity index (χ1n) is 10.8. The van der Waals surface area contributed by atoms with Crippen LogP contribution in [0, 0.1) is 5.92 Å². The second-order valence-corrected chi connectivity index (χ2v) is 8.41. The van der Waals surface area contributed by atoms with Crippen LogP contribution in [-0.2, 0) is 11.3 Å². The second kappa shape index (κ2) is 9.25. The molecule has 4 rings (SSSR count). The summed E-state index contributed by atoms with van der Waals surface area (Å²) in [4.78, 5) is 25.6. The first kappa shape index (κ1) is 19.7. The number of piperidine rings is 1. The number of hydrogen-bond donors (Lipinski definition) is 1. The third kappa shape index (κ3) is 5.68. The molecular weight excluding hydrogens is 362 g/mol. The zero-order chi connectivity index (χ0) is 20.1. The van der Waals surface area contributed by atoms with Gasteiger partial charge in [0.15, 0.2) is 0 Å². The zero-order valence-corrected chi connectivity index (χ0v) is 17.3. The summed E-state index contributed by atoms with van der Waals surface area (Å²) < 4.78 is 0.